The largest absolute Gasteiger partial charge is 0.382 e. The number of nitrogens with two attached hydrogens (primary N) is 1. The summed E-state index contributed by atoms with van der Waals surface area (Å²) in [6.45, 7) is 0.386. The average Bonchev–Trinajstić information content (AvgIpc) is 2.75. The highest BCUT2D eigenvalue weighted by atomic mass is 35.5. The molecule has 18 heavy (non-hydrogen) atoms. The van der Waals surface area contributed by atoms with Gasteiger partial charge in [0.2, 0.25) is 0 Å². The second kappa shape index (κ2) is 5.05. The van der Waals surface area contributed by atoms with Crippen LogP contribution in [0.4, 0.5) is 5.82 Å². The van der Waals surface area contributed by atoms with E-state index in [1.54, 1.807) is 10.9 Å². The Hall–Kier alpha value is -2.08. The van der Waals surface area contributed by atoms with E-state index < -0.39 is 0 Å². The first-order chi connectivity index (χ1) is 8.58. The summed E-state index contributed by atoms with van der Waals surface area (Å²) in [4.78, 5) is 15.7. The predicted octanol–water partition coefficient (Wildman–Crippen LogP) is 0.981. The highest BCUT2D eigenvalue weighted by molar-refractivity contribution is 6.33. The van der Waals surface area contributed by atoms with Crippen LogP contribution < -0.4 is 11.1 Å². The van der Waals surface area contributed by atoms with Crippen molar-refractivity contribution in [2.75, 3.05) is 5.73 Å². The van der Waals surface area contributed by atoms with Gasteiger partial charge in [-0.25, -0.2) is 4.98 Å². The maximum Gasteiger partial charge on any atom is 0.253 e. The van der Waals surface area contributed by atoms with Crippen molar-refractivity contribution in [3.05, 3.63) is 40.8 Å². The molecule has 0 radical (unpaired) electrons. The van der Waals surface area contributed by atoms with Crippen LogP contribution in [0, 0.1) is 0 Å². The van der Waals surface area contributed by atoms with Gasteiger partial charge in [-0.3, -0.25) is 9.48 Å². The van der Waals surface area contributed by atoms with Gasteiger partial charge in [-0.15, -0.1) is 0 Å². The molecule has 0 spiro atoms. The molecular weight excluding hydrogens is 254 g/mol. The average molecular weight is 266 g/mol. The van der Waals surface area contributed by atoms with E-state index in [1.807, 2.05) is 13.1 Å². The Kier molecular flexibility index (Phi) is 3.47. The molecule has 6 nitrogen and oxygen atoms in total. The molecule has 0 unspecified atom stereocenters. The van der Waals surface area contributed by atoms with Crippen LogP contribution in [-0.2, 0) is 13.6 Å². The lowest BCUT2D eigenvalue weighted by molar-refractivity contribution is 0.0949. The minimum atomic E-state index is -0.259. The van der Waals surface area contributed by atoms with Crippen molar-refractivity contribution in [3.8, 4) is 0 Å². The van der Waals surface area contributed by atoms with Gasteiger partial charge in [0.1, 0.15) is 5.82 Å². The Bertz CT molecular complexity index is 581. The second-order valence-corrected chi connectivity index (χ2v) is 4.13. The number of pyridine rings is 1. The molecule has 0 saturated heterocycles. The van der Waals surface area contributed by atoms with Crippen LogP contribution in [-0.4, -0.2) is 20.7 Å². The Morgan fingerprint density at radius 2 is 2.39 bits per heavy atom. The molecule has 2 rings (SSSR count). The van der Waals surface area contributed by atoms with Crippen molar-refractivity contribution >= 4 is 23.3 Å². The molecule has 0 bridgehead atoms. The van der Waals surface area contributed by atoms with Crippen LogP contribution >= 0.6 is 11.6 Å². The number of aryl methyl sites for hydroxylation is 1. The summed E-state index contributed by atoms with van der Waals surface area (Å²) in [6.07, 6.45) is 3.06. The number of nitrogen functional groups attached to an aromatic ring is 1. The Morgan fingerprint density at radius 1 is 1.61 bits per heavy atom. The summed E-state index contributed by atoms with van der Waals surface area (Å²) in [5, 5.41) is 7.02. The number of nitrogens with one attached hydrogen (secondary N) is 1. The lowest BCUT2D eigenvalue weighted by Crippen LogP contribution is -2.24. The molecule has 0 aromatic carbocycles. The number of carbonyl (C=O) groups is 1. The normalized spacial score (nSPS) is 10.3. The van der Waals surface area contributed by atoms with E-state index in [4.69, 9.17) is 17.3 Å². The summed E-state index contributed by atoms with van der Waals surface area (Å²) in [7, 11) is 1.81. The molecule has 0 aliphatic heterocycles. The molecule has 2 heterocycles. The van der Waals surface area contributed by atoms with E-state index >= 15 is 0 Å². The van der Waals surface area contributed by atoms with E-state index in [0.29, 0.717) is 12.1 Å². The monoisotopic (exact) mass is 265 g/mol. The summed E-state index contributed by atoms with van der Waals surface area (Å²) in [5.41, 5.74) is 6.75. The summed E-state index contributed by atoms with van der Waals surface area (Å²) >= 11 is 5.80. The quantitative estimate of drug-likeness (QED) is 0.866. The number of carbonyl (C=O) groups excluding carboxylic acids is 1. The van der Waals surface area contributed by atoms with Gasteiger partial charge in [0, 0.05) is 19.4 Å². The number of rotatable bonds is 3. The van der Waals surface area contributed by atoms with Gasteiger partial charge in [-0.2, -0.15) is 5.10 Å². The fourth-order valence-corrected chi connectivity index (χ4v) is 1.59. The highest BCUT2D eigenvalue weighted by Crippen LogP contribution is 2.16. The van der Waals surface area contributed by atoms with Crippen molar-refractivity contribution in [2.24, 2.45) is 7.05 Å². The van der Waals surface area contributed by atoms with Crippen molar-refractivity contribution in [2.45, 2.75) is 6.54 Å². The lowest BCUT2D eigenvalue weighted by Gasteiger charge is -2.06. The van der Waals surface area contributed by atoms with Gasteiger partial charge in [0.25, 0.3) is 5.91 Å². The minimum absolute atomic E-state index is 0.208. The van der Waals surface area contributed by atoms with Crippen molar-refractivity contribution in [1.29, 1.82) is 0 Å². The number of aromatic nitrogens is 3. The Balaban J connectivity index is 2.04. The van der Waals surface area contributed by atoms with Gasteiger partial charge in [-0.1, -0.05) is 11.6 Å². The maximum absolute atomic E-state index is 11.8. The number of amides is 1. The standard InChI is InChI=1S/C11H12ClN5O/c1-17-8(2-3-16-17)6-15-11(18)7-4-9(12)10(13)14-5-7/h2-5H,6H2,1H3,(H2,13,14)(H,15,18). The van der Waals surface area contributed by atoms with E-state index in [2.05, 4.69) is 15.4 Å². The van der Waals surface area contributed by atoms with Crippen LogP contribution in [0.1, 0.15) is 16.1 Å². The van der Waals surface area contributed by atoms with Crippen LogP contribution in [0.2, 0.25) is 5.02 Å². The molecule has 1 amide bonds. The van der Waals surface area contributed by atoms with Crippen molar-refractivity contribution in [3.63, 3.8) is 0 Å². The molecular formula is C11H12ClN5O. The Labute approximate surface area is 109 Å². The molecule has 0 saturated carbocycles. The molecule has 2 aromatic heterocycles. The van der Waals surface area contributed by atoms with Gasteiger partial charge < -0.3 is 11.1 Å². The van der Waals surface area contributed by atoms with Crippen LogP contribution in [0.5, 0.6) is 0 Å². The smallest absolute Gasteiger partial charge is 0.253 e. The summed E-state index contributed by atoms with van der Waals surface area (Å²) < 4.78 is 1.69. The van der Waals surface area contributed by atoms with E-state index in [0.717, 1.165) is 5.69 Å². The molecule has 94 valence electrons. The summed E-state index contributed by atoms with van der Waals surface area (Å²) in [5.74, 6) is -0.0505. The topological polar surface area (TPSA) is 85.8 Å². The van der Waals surface area contributed by atoms with Crippen LogP contribution in [0.15, 0.2) is 24.5 Å². The first-order valence-electron chi connectivity index (χ1n) is 5.24. The van der Waals surface area contributed by atoms with Gasteiger partial charge in [-0.05, 0) is 12.1 Å². The lowest BCUT2D eigenvalue weighted by atomic mass is 10.2. The zero-order chi connectivity index (χ0) is 13.1. The SMILES string of the molecule is Cn1nccc1CNC(=O)c1cnc(N)c(Cl)c1. The second-order valence-electron chi connectivity index (χ2n) is 3.72. The number of anilines is 1. The third-order valence-electron chi connectivity index (χ3n) is 2.48. The minimum Gasteiger partial charge on any atom is -0.382 e. The molecule has 0 aliphatic rings. The van der Waals surface area contributed by atoms with Gasteiger partial charge in [0.15, 0.2) is 0 Å². The van der Waals surface area contributed by atoms with E-state index in [-0.39, 0.29) is 16.7 Å². The first kappa shape index (κ1) is 12.4. The third-order valence-corrected chi connectivity index (χ3v) is 2.79. The molecule has 2 aromatic rings. The molecule has 0 atom stereocenters. The molecule has 7 heteroatoms. The fourth-order valence-electron chi connectivity index (χ4n) is 1.42. The number of hydrogen-bond acceptors (Lipinski definition) is 4. The zero-order valence-corrected chi connectivity index (χ0v) is 10.5. The van der Waals surface area contributed by atoms with Gasteiger partial charge >= 0.3 is 0 Å². The Morgan fingerprint density at radius 3 is 3.00 bits per heavy atom. The van der Waals surface area contributed by atoms with Crippen molar-refractivity contribution < 1.29 is 4.79 Å². The summed E-state index contributed by atoms with van der Waals surface area (Å²) in [6, 6.07) is 3.32. The molecule has 0 aliphatic carbocycles. The molecule has 3 N–H and O–H groups in total. The zero-order valence-electron chi connectivity index (χ0n) is 9.72. The predicted molar refractivity (Wildman–Crippen MR) is 68.0 cm³/mol. The van der Waals surface area contributed by atoms with E-state index in [1.165, 1.54) is 12.3 Å². The van der Waals surface area contributed by atoms with E-state index in [9.17, 15) is 4.79 Å². The first-order valence-corrected chi connectivity index (χ1v) is 5.62. The highest BCUT2D eigenvalue weighted by Gasteiger charge is 2.09. The number of nitrogens with zero attached hydrogens (tertiary/aromatic N) is 3. The maximum atomic E-state index is 11.8. The van der Waals surface area contributed by atoms with Gasteiger partial charge in [0.05, 0.1) is 22.8 Å². The number of hydrogen-bond donors (Lipinski definition) is 2. The fraction of sp³-hybridized carbons (Fsp3) is 0.182. The van der Waals surface area contributed by atoms with Crippen LogP contribution in [0.3, 0.4) is 0 Å². The third kappa shape index (κ3) is 2.60. The van der Waals surface area contributed by atoms with Crippen LogP contribution in [0.25, 0.3) is 0 Å². The number of halogens is 1. The molecule has 0 fully saturated rings. The van der Waals surface area contributed by atoms with Crippen molar-refractivity contribution in [1.82, 2.24) is 20.1 Å².